The van der Waals surface area contributed by atoms with Crippen molar-refractivity contribution in [3.05, 3.63) is 27.4 Å². The second kappa shape index (κ2) is 4.71. The zero-order chi connectivity index (χ0) is 13.6. The average molecular weight is 361 g/mol. The van der Waals surface area contributed by atoms with Crippen molar-refractivity contribution in [2.75, 3.05) is 11.5 Å². The molecule has 0 bridgehead atoms. The Hall–Kier alpha value is -0.660. The van der Waals surface area contributed by atoms with E-state index in [1.165, 1.54) is 0 Å². The lowest BCUT2D eigenvalue weighted by molar-refractivity contribution is 0.495. The van der Waals surface area contributed by atoms with Gasteiger partial charge < -0.3 is 9.55 Å². The van der Waals surface area contributed by atoms with Crippen molar-refractivity contribution in [1.82, 2.24) is 9.55 Å². The minimum atomic E-state index is -2.84. The molecule has 1 aliphatic heterocycles. The van der Waals surface area contributed by atoms with Gasteiger partial charge in [0.1, 0.15) is 0 Å². The SMILES string of the molecule is O=S1(=O)CCC(Cn2c(=S)[nH]c3ccc(Br)cc32)C1. The molecule has 1 aliphatic rings. The van der Waals surface area contributed by atoms with Crippen LogP contribution in [0.15, 0.2) is 22.7 Å². The van der Waals surface area contributed by atoms with Gasteiger partial charge in [0.25, 0.3) is 0 Å². The molecule has 1 N–H and O–H groups in total. The number of H-pyrrole nitrogens is 1. The van der Waals surface area contributed by atoms with Crippen molar-refractivity contribution < 1.29 is 8.42 Å². The molecule has 1 fully saturated rings. The average Bonchev–Trinajstić information content (AvgIpc) is 2.81. The number of sulfone groups is 1. The molecular formula is C12H13BrN2O2S2. The number of nitrogens with zero attached hydrogens (tertiary/aromatic N) is 1. The smallest absolute Gasteiger partial charge is 0.178 e. The maximum atomic E-state index is 11.5. The van der Waals surface area contributed by atoms with Crippen molar-refractivity contribution in [2.45, 2.75) is 13.0 Å². The molecule has 4 nitrogen and oxygen atoms in total. The summed E-state index contributed by atoms with van der Waals surface area (Å²) in [6, 6.07) is 5.93. The number of hydrogen-bond acceptors (Lipinski definition) is 3. The Bertz CT molecular complexity index is 792. The summed E-state index contributed by atoms with van der Waals surface area (Å²) < 4.78 is 26.7. The van der Waals surface area contributed by atoms with E-state index in [2.05, 4.69) is 20.9 Å². The van der Waals surface area contributed by atoms with Crippen LogP contribution in [0.2, 0.25) is 0 Å². The van der Waals surface area contributed by atoms with E-state index in [1.807, 2.05) is 22.8 Å². The fourth-order valence-corrected chi connectivity index (χ4v) is 5.06. The van der Waals surface area contributed by atoms with E-state index in [4.69, 9.17) is 12.2 Å². The van der Waals surface area contributed by atoms with Gasteiger partial charge in [0.15, 0.2) is 14.6 Å². The Morgan fingerprint density at radius 3 is 2.95 bits per heavy atom. The number of halogens is 1. The first kappa shape index (κ1) is 13.3. The van der Waals surface area contributed by atoms with E-state index in [-0.39, 0.29) is 11.7 Å². The summed E-state index contributed by atoms with van der Waals surface area (Å²) in [6.07, 6.45) is 0.727. The number of fused-ring (bicyclic) bond motifs is 1. The highest BCUT2D eigenvalue weighted by Crippen LogP contribution is 2.24. The van der Waals surface area contributed by atoms with Gasteiger partial charge in [-0.15, -0.1) is 0 Å². The van der Waals surface area contributed by atoms with Crippen molar-refractivity contribution in [3.63, 3.8) is 0 Å². The maximum Gasteiger partial charge on any atom is 0.178 e. The van der Waals surface area contributed by atoms with Crippen LogP contribution in [0.4, 0.5) is 0 Å². The second-order valence-corrected chi connectivity index (χ2v) is 8.50. The molecule has 1 unspecified atom stereocenters. The van der Waals surface area contributed by atoms with E-state index in [9.17, 15) is 8.42 Å². The number of imidazole rings is 1. The van der Waals surface area contributed by atoms with Gasteiger partial charge in [-0.1, -0.05) is 15.9 Å². The lowest BCUT2D eigenvalue weighted by atomic mass is 10.1. The first-order valence-electron chi connectivity index (χ1n) is 6.03. The van der Waals surface area contributed by atoms with Gasteiger partial charge in [-0.2, -0.15) is 0 Å². The number of hydrogen-bond donors (Lipinski definition) is 1. The minimum absolute atomic E-state index is 0.162. The van der Waals surface area contributed by atoms with E-state index in [1.54, 1.807) is 0 Å². The fourth-order valence-electron chi connectivity index (χ4n) is 2.58. The van der Waals surface area contributed by atoms with Crippen LogP contribution in [0.5, 0.6) is 0 Å². The Labute approximate surface area is 124 Å². The molecule has 19 heavy (non-hydrogen) atoms. The van der Waals surface area contributed by atoms with Gasteiger partial charge >= 0.3 is 0 Å². The number of nitrogens with one attached hydrogen (secondary N) is 1. The van der Waals surface area contributed by atoms with E-state index >= 15 is 0 Å². The predicted molar refractivity (Wildman–Crippen MR) is 81.6 cm³/mol. The van der Waals surface area contributed by atoms with E-state index in [0.717, 1.165) is 21.9 Å². The highest BCUT2D eigenvalue weighted by Gasteiger charge is 2.28. The highest BCUT2D eigenvalue weighted by molar-refractivity contribution is 9.10. The lowest BCUT2D eigenvalue weighted by Crippen LogP contribution is -2.12. The minimum Gasteiger partial charge on any atom is -0.331 e. The third kappa shape index (κ3) is 2.64. The van der Waals surface area contributed by atoms with Crippen LogP contribution in [0.3, 0.4) is 0 Å². The third-order valence-corrected chi connectivity index (χ3v) is 6.16. The molecular weight excluding hydrogens is 348 g/mol. The molecule has 2 heterocycles. The van der Waals surface area contributed by atoms with Gasteiger partial charge in [-0.25, -0.2) is 8.42 Å². The molecule has 0 aliphatic carbocycles. The summed E-state index contributed by atoms with van der Waals surface area (Å²) in [5.74, 6) is 0.738. The van der Waals surface area contributed by atoms with Crippen LogP contribution in [0, 0.1) is 10.7 Å². The Morgan fingerprint density at radius 2 is 2.26 bits per heavy atom. The standard InChI is InChI=1S/C12H13BrN2O2S2/c13-9-1-2-10-11(5-9)15(12(18)14-10)6-8-3-4-19(16,17)7-8/h1-2,5,8H,3-4,6-7H2,(H,14,18). The van der Waals surface area contributed by atoms with Crippen molar-refractivity contribution in [3.8, 4) is 0 Å². The number of rotatable bonds is 2. The Kier molecular flexibility index (Phi) is 3.31. The Morgan fingerprint density at radius 1 is 1.47 bits per heavy atom. The normalized spacial score (nSPS) is 22.1. The van der Waals surface area contributed by atoms with Crippen LogP contribution >= 0.6 is 28.1 Å². The molecule has 1 aromatic carbocycles. The number of aromatic amines is 1. The summed E-state index contributed by atoms with van der Waals surface area (Å²) in [4.78, 5) is 3.16. The summed E-state index contributed by atoms with van der Waals surface area (Å²) in [5, 5.41) is 0. The molecule has 3 rings (SSSR count). The van der Waals surface area contributed by atoms with Gasteiger partial charge in [-0.3, -0.25) is 0 Å². The summed E-state index contributed by atoms with van der Waals surface area (Å²) >= 11 is 8.78. The first-order chi connectivity index (χ1) is 8.94. The zero-order valence-electron chi connectivity index (χ0n) is 10.1. The molecule has 1 atom stereocenters. The maximum absolute atomic E-state index is 11.5. The van der Waals surface area contributed by atoms with E-state index < -0.39 is 9.84 Å². The molecule has 7 heteroatoms. The van der Waals surface area contributed by atoms with Gasteiger partial charge in [0.2, 0.25) is 0 Å². The molecule has 0 amide bonds. The van der Waals surface area contributed by atoms with Crippen molar-refractivity contribution in [1.29, 1.82) is 0 Å². The molecule has 0 radical (unpaired) electrons. The van der Waals surface area contributed by atoms with Gasteiger partial charge in [0.05, 0.1) is 22.5 Å². The number of aromatic nitrogens is 2. The fraction of sp³-hybridized carbons (Fsp3) is 0.417. The van der Waals surface area contributed by atoms with Crippen LogP contribution in [0.1, 0.15) is 6.42 Å². The summed E-state index contributed by atoms with van der Waals surface area (Å²) in [6.45, 7) is 0.661. The largest absolute Gasteiger partial charge is 0.331 e. The van der Waals surface area contributed by atoms with Crippen LogP contribution < -0.4 is 0 Å². The molecule has 0 saturated carbocycles. The lowest BCUT2D eigenvalue weighted by Gasteiger charge is -2.09. The van der Waals surface area contributed by atoms with Crippen LogP contribution in [-0.4, -0.2) is 29.5 Å². The molecule has 1 saturated heterocycles. The Balaban J connectivity index is 1.99. The topological polar surface area (TPSA) is 54.9 Å². The summed E-state index contributed by atoms with van der Waals surface area (Å²) in [5.41, 5.74) is 2.00. The van der Waals surface area contributed by atoms with Gasteiger partial charge in [0, 0.05) is 11.0 Å². The predicted octanol–water partition coefficient (Wildman–Crippen LogP) is 2.90. The van der Waals surface area contributed by atoms with Crippen molar-refractivity contribution >= 4 is 49.0 Å². The van der Waals surface area contributed by atoms with E-state index in [0.29, 0.717) is 17.1 Å². The molecule has 2 aromatic rings. The van der Waals surface area contributed by atoms with Crippen LogP contribution in [-0.2, 0) is 16.4 Å². The summed E-state index contributed by atoms with van der Waals surface area (Å²) in [7, 11) is -2.84. The molecule has 0 spiro atoms. The van der Waals surface area contributed by atoms with Gasteiger partial charge in [-0.05, 0) is 42.8 Å². The third-order valence-electron chi connectivity index (χ3n) is 3.50. The molecule has 102 valence electrons. The zero-order valence-corrected chi connectivity index (χ0v) is 13.3. The molecule has 1 aromatic heterocycles. The van der Waals surface area contributed by atoms with Crippen LogP contribution in [0.25, 0.3) is 11.0 Å². The highest BCUT2D eigenvalue weighted by atomic mass is 79.9. The quantitative estimate of drug-likeness (QED) is 0.837. The monoisotopic (exact) mass is 360 g/mol. The first-order valence-corrected chi connectivity index (χ1v) is 9.05. The second-order valence-electron chi connectivity index (χ2n) is 4.97. The van der Waals surface area contributed by atoms with Crippen molar-refractivity contribution in [2.24, 2.45) is 5.92 Å². The number of benzene rings is 1.